The van der Waals surface area contributed by atoms with Gasteiger partial charge in [-0.05, 0) is 59.0 Å². The summed E-state index contributed by atoms with van der Waals surface area (Å²) in [4.78, 5) is 26.5. The van der Waals surface area contributed by atoms with E-state index in [4.69, 9.17) is 28.6 Å². The van der Waals surface area contributed by atoms with Crippen molar-refractivity contribution in [2.45, 2.75) is 13.0 Å². The van der Waals surface area contributed by atoms with Gasteiger partial charge in [-0.3, -0.25) is 9.69 Å². The molecule has 32 heavy (non-hydrogen) atoms. The maximum atomic E-state index is 12.9. The van der Waals surface area contributed by atoms with E-state index in [-0.39, 0.29) is 16.5 Å². The van der Waals surface area contributed by atoms with E-state index in [1.807, 2.05) is 42.5 Å². The van der Waals surface area contributed by atoms with Crippen LogP contribution >= 0.6 is 35.6 Å². The summed E-state index contributed by atoms with van der Waals surface area (Å²) in [6.45, 7) is 0.400. The zero-order chi connectivity index (χ0) is 22.8. The molecule has 2 aromatic carbocycles. The molecule has 1 heterocycles. The molecule has 0 spiro atoms. The number of thiocarbonyl (C=S) groups is 1. The first kappa shape index (κ1) is 22.3. The molecule has 0 atom stereocenters. The molecule has 2 aliphatic rings. The molecule has 8 heteroatoms. The number of amides is 1. The van der Waals surface area contributed by atoms with Crippen molar-refractivity contribution in [1.29, 1.82) is 0 Å². The van der Waals surface area contributed by atoms with E-state index in [1.165, 1.54) is 11.8 Å². The van der Waals surface area contributed by atoms with E-state index in [9.17, 15) is 14.7 Å². The molecular weight excluding hydrogens is 466 g/mol. The standard InChI is InChI=1S/C24H18ClNO4S2/c1-30-18-7-3-14(4-8-18)13-26-22(27)21(32-24(26)31)11-15-2-5-16(10-15)17-6-9-20(25)19(12-17)23(28)29/h2-9,11-12H,10,13H2,1H3,(H,28,29). The Kier molecular flexibility index (Phi) is 6.50. The number of carboxylic acids is 1. The van der Waals surface area contributed by atoms with Crippen LogP contribution in [-0.2, 0) is 11.3 Å². The van der Waals surface area contributed by atoms with Gasteiger partial charge in [-0.25, -0.2) is 4.79 Å². The van der Waals surface area contributed by atoms with Crippen LogP contribution in [-0.4, -0.2) is 33.3 Å². The minimum absolute atomic E-state index is 0.0675. The normalized spacial score (nSPS) is 17.1. The van der Waals surface area contributed by atoms with Gasteiger partial charge in [-0.2, -0.15) is 0 Å². The Morgan fingerprint density at radius 1 is 1.25 bits per heavy atom. The summed E-state index contributed by atoms with van der Waals surface area (Å²) >= 11 is 12.7. The summed E-state index contributed by atoms with van der Waals surface area (Å²) in [5.41, 5.74) is 3.74. The van der Waals surface area contributed by atoms with Crippen molar-refractivity contribution < 1.29 is 19.4 Å². The van der Waals surface area contributed by atoms with Gasteiger partial charge in [0.25, 0.3) is 5.91 Å². The lowest BCUT2D eigenvalue weighted by Crippen LogP contribution is -2.27. The van der Waals surface area contributed by atoms with E-state index >= 15 is 0 Å². The van der Waals surface area contributed by atoms with Crippen LogP contribution in [0.15, 0.2) is 71.2 Å². The van der Waals surface area contributed by atoms with E-state index in [0.29, 0.717) is 22.2 Å². The Bertz CT molecular complexity index is 1220. The molecule has 1 fully saturated rings. The first-order chi connectivity index (χ1) is 15.4. The molecule has 1 aliphatic carbocycles. The predicted molar refractivity (Wildman–Crippen MR) is 131 cm³/mol. The molecule has 2 aromatic rings. The third kappa shape index (κ3) is 4.65. The maximum absolute atomic E-state index is 12.9. The largest absolute Gasteiger partial charge is 0.497 e. The van der Waals surface area contributed by atoms with Gasteiger partial charge in [0.05, 0.1) is 29.1 Å². The third-order valence-corrected chi connectivity index (χ3v) is 6.86. The lowest BCUT2D eigenvalue weighted by molar-refractivity contribution is -0.122. The van der Waals surface area contributed by atoms with Crippen molar-refractivity contribution in [2.24, 2.45) is 0 Å². The number of carbonyl (C=O) groups is 2. The van der Waals surface area contributed by atoms with Crippen LogP contribution in [0.5, 0.6) is 5.75 Å². The van der Waals surface area contributed by atoms with Crippen LogP contribution in [0.2, 0.25) is 5.02 Å². The average molecular weight is 484 g/mol. The van der Waals surface area contributed by atoms with E-state index < -0.39 is 5.97 Å². The number of carboxylic acid groups (broad SMARTS) is 1. The van der Waals surface area contributed by atoms with Gasteiger partial charge in [0.15, 0.2) is 0 Å². The molecule has 5 nitrogen and oxygen atoms in total. The Balaban J connectivity index is 1.45. The van der Waals surface area contributed by atoms with E-state index in [2.05, 4.69) is 0 Å². The molecule has 0 bridgehead atoms. The molecule has 162 valence electrons. The van der Waals surface area contributed by atoms with Crippen molar-refractivity contribution in [1.82, 2.24) is 4.90 Å². The van der Waals surface area contributed by atoms with Gasteiger partial charge in [0, 0.05) is 0 Å². The molecule has 0 aromatic heterocycles. The van der Waals surface area contributed by atoms with Gasteiger partial charge in [0.1, 0.15) is 10.1 Å². The molecule has 0 unspecified atom stereocenters. The third-order valence-electron chi connectivity index (χ3n) is 5.15. The summed E-state index contributed by atoms with van der Waals surface area (Å²) in [6.07, 6.45) is 6.30. The van der Waals surface area contributed by atoms with Crippen molar-refractivity contribution in [2.75, 3.05) is 7.11 Å². The number of nitrogens with zero attached hydrogens (tertiary/aromatic N) is 1. The van der Waals surface area contributed by atoms with Gasteiger partial charge in [0.2, 0.25) is 0 Å². The molecule has 1 amide bonds. The number of allylic oxidation sites excluding steroid dienone is 5. The van der Waals surface area contributed by atoms with Gasteiger partial charge < -0.3 is 9.84 Å². The van der Waals surface area contributed by atoms with Crippen LogP contribution < -0.4 is 4.74 Å². The lowest BCUT2D eigenvalue weighted by atomic mass is 10.0. The molecule has 0 saturated carbocycles. The molecule has 1 N–H and O–H groups in total. The number of halogens is 1. The quantitative estimate of drug-likeness (QED) is 0.419. The van der Waals surface area contributed by atoms with Crippen molar-refractivity contribution in [3.63, 3.8) is 0 Å². The predicted octanol–water partition coefficient (Wildman–Crippen LogP) is 5.70. The molecular formula is C24H18ClNO4S2. The monoisotopic (exact) mass is 483 g/mol. The zero-order valence-corrected chi connectivity index (χ0v) is 19.4. The Morgan fingerprint density at radius 2 is 2.00 bits per heavy atom. The van der Waals surface area contributed by atoms with Crippen molar-refractivity contribution in [3.05, 3.63) is 92.9 Å². The Labute approximate surface area is 200 Å². The van der Waals surface area contributed by atoms with Gasteiger partial charge in [-0.15, -0.1) is 0 Å². The van der Waals surface area contributed by atoms with Gasteiger partial charge >= 0.3 is 5.97 Å². The fourth-order valence-corrected chi connectivity index (χ4v) is 4.92. The number of benzene rings is 2. The fourth-order valence-electron chi connectivity index (χ4n) is 3.45. The number of ether oxygens (including phenoxy) is 1. The van der Waals surface area contributed by atoms with Crippen LogP contribution in [0.4, 0.5) is 0 Å². The summed E-state index contributed by atoms with van der Waals surface area (Å²) in [5, 5.41) is 9.50. The lowest BCUT2D eigenvalue weighted by Gasteiger charge is -2.14. The number of hydrogen-bond donors (Lipinski definition) is 1. The SMILES string of the molecule is COc1ccc(CN2C(=O)C(=CC3=CC=C(c4ccc(Cl)c(C(=O)O)c4)C3)SC2=S)cc1. The number of carbonyl (C=O) groups excluding carboxylic acids is 1. The first-order valence-corrected chi connectivity index (χ1v) is 11.3. The highest BCUT2D eigenvalue weighted by Gasteiger charge is 2.32. The smallest absolute Gasteiger partial charge is 0.337 e. The minimum Gasteiger partial charge on any atom is -0.497 e. The highest BCUT2D eigenvalue weighted by Crippen LogP contribution is 2.36. The van der Waals surface area contributed by atoms with Gasteiger partial charge in [-0.1, -0.05) is 65.9 Å². The summed E-state index contributed by atoms with van der Waals surface area (Å²) in [5.74, 6) is -0.430. The highest BCUT2D eigenvalue weighted by molar-refractivity contribution is 8.26. The van der Waals surface area contributed by atoms with E-state index in [1.54, 1.807) is 30.2 Å². The van der Waals surface area contributed by atoms with Crippen molar-refractivity contribution >= 4 is 57.4 Å². The molecule has 1 saturated heterocycles. The zero-order valence-electron chi connectivity index (χ0n) is 17.0. The number of hydrogen-bond acceptors (Lipinski definition) is 5. The van der Waals surface area contributed by atoms with E-state index in [0.717, 1.165) is 28.0 Å². The second-order valence-electron chi connectivity index (χ2n) is 7.23. The maximum Gasteiger partial charge on any atom is 0.337 e. The van der Waals surface area contributed by atoms with Crippen LogP contribution in [0.1, 0.15) is 27.9 Å². The Hall–Kier alpha value is -2.87. The summed E-state index contributed by atoms with van der Waals surface area (Å²) < 4.78 is 5.69. The minimum atomic E-state index is -1.07. The van der Waals surface area contributed by atoms with Crippen LogP contribution in [0, 0.1) is 0 Å². The number of thioether (sulfide) groups is 1. The second-order valence-corrected chi connectivity index (χ2v) is 9.31. The van der Waals surface area contributed by atoms with Crippen molar-refractivity contribution in [3.8, 4) is 5.75 Å². The molecule has 4 rings (SSSR count). The summed E-state index contributed by atoms with van der Waals surface area (Å²) in [7, 11) is 1.61. The van der Waals surface area contributed by atoms with Crippen LogP contribution in [0.3, 0.4) is 0 Å². The number of rotatable bonds is 6. The first-order valence-electron chi connectivity index (χ1n) is 9.67. The Morgan fingerprint density at radius 3 is 2.69 bits per heavy atom. The molecule has 1 aliphatic heterocycles. The fraction of sp³-hybridized carbons (Fsp3) is 0.125. The highest BCUT2D eigenvalue weighted by atomic mass is 35.5. The molecule has 0 radical (unpaired) electrons. The topological polar surface area (TPSA) is 66.8 Å². The van der Waals surface area contributed by atoms with Crippen LogP contribution in [0.25, 0.3) is 5.57 Å². The number of methoxy groups -OCH3 is 1. The average Bonchev–Trinajstić information content (AvgIpc) is 3.35. The second kappa shape index (κ2) is 9.32. The number of aromatic carboxylic acids is 1. The summed E-state index contributed by atoms with van der Waals surface area (Å²) in [6, 6.07) is 12.5.